The van der Waals surface area contributed by atoms with Crippen LogP contribution in [-0.2, 0) is 4.74 Å². The molecule has 2 heterocycles. The molecule has 0 radical (unpaired) electrons. The van der Waals surface area contributed by atoms with Gasteiger partial charge in [-0.05, 0) is 38.2 Å². The van der Waals surface area contributed by atoms with E-state index in [-0.39, 0.29) is 11.0 Å². The zero-order valence-corrected chi connectivity index (χ0v) is 14.3. The highest BCUT2D eigenvalue weighted by Crippen LogP contribution is 2.28. The standard InChI is InChI=1S/C14H15N3O4S2/c1-7-6-10(13(19)20-3)12(23-7)15-14(22)17-16-11(18)9-4-5-21-8(9)2/h4-6H,1-3H3,(H,16,18)(H2,15,17,22). The minimum Gasteiger partial charge on any atom is -0.469 e. The van der Waals surface area contributed by atoms with Gasteiger partial charge in [-0.1, -0.05) is 0 Å². The van der Waals surface area contributed by atoms with Gasteiger partial charge in [0.1, 0.15) is 10.8 Å². The Labute approximate surface area is 142 Å². The van der Waals surface area contributed by atoms with E-state index in [2.05, 4.69) is 16.2 Å². The second-order valence-electron chi connectivity index (χ2n) is 4.52. The zero-order valence-electron chi connectivity index (χ0n) is 12.7. The number of amides is 1. The maximum atomic E-state index is 11.9. The average Bonchev–Trinajstić information content (AvgIpc) is 3.10. The third-order valence-electron chi connectivity index (χ3n) is 2.88. The normalized spacial score (nSPS) is 10.0. The summed E-state index contributed by atoms with van der Waals surface area (Å²) in [5.74, 6) is -0.335. The molecule has 122 valence electrons. The molecule has 0 aliphatic heterocycles. The van der Waals surface area contributed by atoms with E-state index in [1.54, 1.807) is 19.1 Å². The van der Waals surface area contributed by atoms with Crippen LogP contribution in [-0.4, -0.2) is 24.1 Å². The van der Waals surface area contributed by atoms with E-state index in [1.165, 1.54) is 24.7 Å². The lowest BCUT2D eigenvalue weighted by atomic mass is 10.2. The fraction of sp³-hybridized carbons (Fsp3) is 0.214. The van der Waals surface area contributed by atoms with Crippen molar-refractivity contribution in [3.05, 3.63) is 40.2 Å². The molecular weight excluding hydrogens is 338 g/mol. The zero-order chi connectivity index (χ0) is 17.0. The van der Waals surface area contributed by atoms with Crippen LogP contribution in [0.1, 0.15) is 31.4 Å². The number of furan rings is 1. The largest absolute Gasteiger partial charge is 0.469 e. The highest BCUT2D eigenvalue weighted by atomic mass is 32.1. The minimum absolute atomic E-state index is 0.145. The van der Waals surface area contributed by atoms with Crippen LogP contribution in [0.15, 0.2) is 22.8 Å². The first kappa shape index (κ1) is 17.0. The predicted octanol–water partition coefficient (Wildman–Crippen LogP) is 2.38. The summed E-state index contributed by atoms with van der Waals surface area (Å²) in [5.41, 5.74) is 5.82. The molecule has 2 aromatic rings. The number of thiophene rings is 1. The number of anilines is 1. The summed E-state index contributed by atoms with van der Waals surface area (Å²) in [6, 6.07) is 3.26. The molecule has 0 fully saturated rings. The monoisotopic (exact) mass is 353 g/mol. The SMILES string of the molecule is COC(=O)c1cc(C)sc1NC(=S)NNC(=O)c1ccoc1C. The first-order valence-electron chi connectivity index (χ1n) is 6.52. The molecule has 0 atom stereocenters. The van der Waals surface area contributed by atoms with Crippen LogP contribution in [0, 0.1) is 13.8 Å². The van der Waals surface area contributed by atoms with Gasteiger partial charge in [-0.2, -0.15) is 0 Å². The molecular formula is C14H15N3O4S2. The topological polar surface area (TPSA) is 92.6 Å². The Morgan fingerprint density at radius 3 is 2.61 bits per heavy atom. The second kappa shape index (κ2) is 7.25. The summed E-state index contributed by atoms with van der Waals surface area (Å²) in [6.45, 7) is 3.55. The number of hydrazine groups is 1. The molecule has 9 heteroatoms. The third kappa shape index (κ3) is 4.08. The summed E-state index contributed by atoms with van der Waals surface area (Å²) in [4.78, 5) is 24.5. The molecule has 3 N–H and O–H groups in total. The number of aryl methyl sites for hydroxylation is 2. The van der Waals surface area contributed by atoms with Crippen LogP contribution in [0.4, 0.5) is 5.00 Å². The Bertz CT molecular complexity index is 751. The number of thiocarbonyl (C=S) groups is 1. The van der Waals surface area contributed by atoms with Crippen molar-refractivity contribution in [1.82, 2.24) is 10.9 Å². The molecule has 0 aliphatic rings. The summed E-state index contributed by atoms with van der Waals surface area (Å²) in [5, 5.41) is 3.55. The number of rotatable bonds is 3. The fourth-order valence-electron chi connectivity index (χ4n) is 1.80. The Kier molecular flexibility index (Phi) is 5.35. The van der Waals surface area contributed by atoms with Crippen molar-refractivity contribution in [3.63, 3.8) is 0 Å². The van der Waals surface area contributed by atoms with E-state index in [0.717, 1.165) is 4.88 Å². The highest BCUT2D eigenvalue weighted by Gasteiger charge is 2.17. The second-order valence-corrected chi connectivity index (χ2v) is 6.18. The van der Waals surface area contributed by atoms with Crippen molar-refractivity contribution < 1.29 is 18.7 Å². The van der Waals surface area contributed by atoms with E-state index < -0.39 is 5.97 Å². The summed E-state index contributed by atoms with van der Waals surface area (Å²) >= 11 is 6.46. The first-order valence-corrected chi connectivity index (χ1v) is 7.75. The van der Waals surface area contributed by atoms with Gasteiger partial charge in [0.25, 0.3) is 5.91 Å². The van der Waals surface area contributed by atoms with Gasteiger partial charge in [-0.25, -0.2) is 4.79 Å². The Balaban J connectivity index is 1.97. The van der Waals surface area contributed by atoms with E-state index in [0.29, 0.717) is 21.9 Å². The smallest absolute Gasteiger partial charge is 0.340 e. The van der Waals surface area contributed by atoms with Gasteiger partial charge >= 0.3 is 5.97 Å². The number of methoxy groups -OCH3 is 1. The van der Waals surface area contributed by atoms with Gasteiger partial charge in [0, 0.05) is 4.88 Å². The van der Waals surface area contributed by atoms with Crippen molar-refractivity contribution in [2.45, 2.75) is 13.8 Å². The quantitative estimate of drug-likeness (QED) is 0.443. The van der Waals surface area contributed by atoms with Gasteiger partial charge in [0.05, 0.1) is 24.5 Å². The van der Waals surface area contributed by atoms with Gasteiger partial charge in [-0.3, -0.25) is 15.6 Å². The van der Waals surface area contributed by atoms with Gasteiger partial charge in [-0.15, -0.1) is 11.3 Å². The Morgan fingerprint density at radius 2 is 2.00 bits per heavy atom. The van der Waals surface area contributed by atoms with Crippen molar-refractivity contribution in [1.29, 1.82) is 0 Å². The molecule has 1 amide bonds. The van der Waals surface area contributed by atoms with Crippen LogP contribution >= 0.6 is 23.6 Å². The number of hydrogen-bond donors (Lipinski definition) is 3. The van der Waals surface area contributed by atoms with E-state index in [9.17, 15) is 9.59 Å². The molecule has 0 saturated heterocycles. The summed E-state index contributed by atoms with van der Waals surface area (Å²) in [6.07, 6.45) is 1.43. The molecule has 0 unspecified atom stereocenters. The van der Waals surface area contributed by atoms with Crippen LogP contribution in [0.25, 0.3) is 0 Å². The Morgan fingerprint density at radius 1 is 1.26 bits per heavy atom. The van der Waals surface area contributed by atoms with Gasteiger partial charge < -0.3 is 14.5 Å². The minimum atomic E-state index is -0.460. The molecule has 0 spiro atoms. The maximum Gasteiger partial charge on any atom is 0.340 e. The van der Waals surface area contributed by atoms with Crippen molar-refractivity contribution in [2.24, 2.45) is 0 Å². The lowest BCUT2D eigenvalue weighted by Gasteiger charge is -2.11. The van der Waals surface area contributed by atoms with Crippen LogP contribution in [0.2, 0.25) is 0 Å². The molecule has 2 aromatic heterocycles. The highest BCUT2D eigenvalue weighted by molar-refractivity contribution is 7.80. The number of carbonyl (C=O) groups excluding carboxylic acids is 2. The number of nitrogens with one attached hydrogen (secondary N) is 3. The Hall–Kier alpha value is -2.39. The first-order chi connectivity index (χ1) is 10.9. The van der Waals surface area contributed by atoms with Crippen molar-refractivity contribution in [2.75, 3.05) is 12.4 Å². The van der Waals surface area contributed by atoms with E-state index in [1.807, 2.05) is 6.92 Å². The van der Waals surface area contributed by atoms with Crippen LogP contribution < -0.4 is 16.2 Å². The fourth-order valence-corrected chi connectivity index (χ4v) is 2.93. The number of hydrogen-bond acceptors (Lipinski definition) is 6. The number of esters is 1. The predicted molar refractivity (Wildman–Crippen MR) is 90.7 cm³/mol. The molecule has 0 aliphatic carbocycles. The van der Waals surface area contributed by atoms with E-state index >= 15 is 0 Å². The van der Waals surface area contributed by atoms with Crippen LogP contribution in [0.3, 0.4) is 0 Å². The average molecular weight is 353 g/mol. The van der Waals surface area contributed by atoms with Gasteiger partial charge in [0.2, 0.25) is 0 Å². The molecule has 0 bridgehead atoms. The third-order valence-corrected chi connectivity index (χ3v) is 4.05. The lowest BCUT2D eigenvalue weighted by Crippen LogP contribution is -2.43. The molecule has 2 rings (SSSR count). The summed E-state index contributed by atoms with van der Waals surface area (Å²) in [7, 11) is 1.31. The maximum absolute atomic E-state index is 11.9. The van der Waals surface area contributed by atoms with Gasteiger partial charge in [0.15, 0.2) is 5.11 Å². The molecule has 0 saturated carbocycles. The van der Waals surface area contributed by atoms with E-state index in [4.69, 9.17) is 21.4 Å². The molecule has 23 heavy (non-hydrogen) atoms. The summed E-state index contributed by atoms with van der Waals surface area (Å²) < 4.78 is 9.77. The van der Waals surface area contributed by atoms with Crippen molar-refractivity contribution in [3.8, 4) is 0 Å². The molecule has 0 aromatic carbocycles. The molecule has 7 nitrogen and oxygen atoms in total. The number of carbonyl (C=O) groups is 2. The van der Waals surface area contributed by atoms with Crippen molar-refractivity contribution >= 4 is 45.5 Å². The van der Waals surface area contributed by atoms with Crippen LogP contribution in [0.5, 0.6) is 0 Å². The number of ether oxygens (including phenoxy) is 1. The lowest BCUT2D eigenvalue weighted by molar-refractivity contribution is 0.0602.